The number of anilines is 1. The Hall–Kier alpha value is -1.79. The lowest BCUT2D eigenvalue weighted by atomic mass is 10.0. The maximum atomic E-state index is 12.4. The molecule has 1 unspecified atom stereocenters. The van der Waals surface area contributed by atoms with Crippen molar-refractivity contribution in [2.24, 2.45) is 0 Å². The van der Waals surface area contributed by atoms with Crippen LogP contribution in [0.2, 0.25) is 5.02 Å². The van der Waals surface area contributed by atoms with Crippen LogP contribution in [-0.4, -0.2) is 60.8 Å². The summed E-state index contributed by atoms with van der Waals surface area (Å²) in [6.07, 6.45) is 0. The van der Waals surface area contributed by atoms with Gasteiger partial charge in [0.2, 0.25) is 5.60 Å². The van der Waals surface area contributed by atoms with E-state index in [0.29, 0.717) is 31.2 Å². The summed E-state index contributed by atoms with van der Waals surface area (Å²) in [4.78, 5) is 27.4. The van der Waals surface area contributed by atoms with E-state index in [-0.39, 0.29) is 0 Å². The van der Waals surface area contributed by atoms with E-state index >= 15 is 0 Å². The molecule has 1 heterocycles. The number of carboxylic acid groups (broad SMARTS) is 1. The molecule has 0 bridgehead atoms. The number of rotatable bonds is 4. The third-order valence-electron chi connectivity index (χ3n) is 4.30. The Balaban J connectivity index is 2.08. The molecule has 0 saturated carbocycles. The number of halogens is 1. The van der Waals surface area contributed by atoms with E-state index in [9.17, 15) is 14.7 Å². The first-order valence-corrected chi connectivity index (χ1v) is 7.76. The number of carbonyl (C=O) groups excluding carboxylic acids is 1. The minimum Gasteiger partial charge on any atom is -0.479 e. The van der Waals surface area contributed by atoms with Crippen LogP contribution in [0.4, 0.5) is 5.69 Å². The Morgan fingerprint density at radius 2 is 1.87 bits per heavy atom. The second kappa shape index (κ2) is 6.76. The number of aryl methyl sites for hydroxylation is 1. The summed E-state index contributed by atoms with van der Waals surface area (Å²) in [7, 11) is 1.23. The van der Waals surface area contributed by atoms with Crippen molar-refractivity contribution in [3.8, 4) is 0 Å². The summed E-state index contributed by atoms with van der Waals surface area (Å²) in [6, 6.07) is 5.71. The van der Waals surface area contributed by atoms with Gasteiger partial charge in [-0.15, -0.1) is 0 Å². The highest BCUT2D eigenvalue weighted by Crippen LogP contribution is 2.26. The van der Waals surface area contributed by atoms with Gasteiger partial charge in [-0.1, -0.05) is 17.7 Å². The first-order valence-electron chi connectivity index (χ1n) is 7.38. The average molecular weight is 341 g/mol. The maximum Gasteiger partial charge on any atom is 0.345 e. The van der Waals surface area contributed by atoms with E-state index in [1.54, 1.807) is 0 Å². The molecule has 0 aliphatic carbocycles. The molecule has 6 nitrogen and oxygen atoms in total. The standard InChI is InChI=1S/C16H21ClN2O4/c1-11-4-5-12(17)10-13(11)18-6-8-19(9-7-18)14(20)16(2,23-3)15(21)22/h4-5,10H,6-9H2,1-3H3,(H,21,22). The molecule has 1 aliphatic heterocycles. The van der Waals surface area contributed by atoms with Gasteiger partial charge in [0.15, 0.2) is 0 Å². The Morgan fingerprint density at radius 3 is 2.39 bits per heavy atom. The second-order valence-corrected chi connectivity index (χ2v) is 6.19. The first-order chi connectivity index (χ1) is 10.8. The van der Waals surface area contributed by atoms with Crippen LogP contribution < -0.4 is 4.90 Å². The molecule has 126 valence electrons. The molecule has 23 heavy (non-hydrogen) atoms. The van der Waals surface area contributed by atoms with E-state index in [1.807, 2.05) is 25.1 Å². The SMILES string of the molecule is COC(C)(C(=O)O)C(=O)N1CCN(c2cc(Cl)ccc2C)CC1. The summed E-state index contributed by atoms with van der Waals surface area (Å²) in [5, 5.41) is 9.90. The molecule has 0 radical (unpaired) electrons. The Labute approximate surface area is 140 Å². The number of piperazine rings is 1. The van der Waals surface area contributed by atoms with Crippen LogP contribution in [-0.2, 0) is 14.3 Å². The third-order valence-corrected chi connectivity index (χ3v) is 4.54. The average Bonchev–Trinajstić information content (AvgIpc) is 2.55. The number of hydrogen-bond donors (Lipinski definition) is 1. The van der Waals surface area contributed by atoms with Gasteiger partial charge in [-0.05, 0) is 31.5 Å². The predicted octanol–water partition coefficient (Wildman–Crippen LogP) is 1.79. The van der Waals surface area contributed by atoms with Crippen LogP contribution >= 0.6 is 11.6 Å². The van der Waals surface area contributed by atoms with Crippen molar-refractivity contribution in [2.75, 3.05) is 38.2 Å². The predicted molar refractivity (Wildman–Crippen MR) is 88.0 cm³/mol. The lowest BCUT2D eigenvalue weighted by molar-refractivity contribution is -0.173. The van der Waals surface area contributed by atoms with E-state index in [0.717, 1.165) is 11.3 Å². The molecule has 1 saturated heterocycles. The zero-order valence-corrected chi connectivity index (χ0v) is 14.3. The molecule has 1 fully saturated rings. The summed E-state index contributed by atoms with van der Waals surface area (Å²) < 4.78 is 4.94. The van der Waals surface area contributed by atoms with Gasteiger partial charge in [0, 0.05) is 44.0 Å². The molecular formula is C16H21ClN2O4. The fourth-order valence-electron chi connectivity index (χ4n) is 2.64. The van der Waals surface area contributed by atoms with Gasteiger partial charge in [-0.2, -0.15) is 0 Å². The summed E-state index contributed by atoms with van der Waals surface area (Å²) in [6.45, 7) is 5.41. The number of aliphatic carboxylic acids is 1. The normalized spacial score (nSPS) is 17.7. The molecule has 1 aliphatic rings. The van der Waals surface area contributed by atoms with Gasteiger partial charge in [-0.25, -0.2) is 4.79 Å². The van der Waals surface area contributed by atoms with Crippen LogP contribution in [0.3, 0.4) is 0 Å². The third kappa shape index (κ3) is 3.43. The molecular weight excluding hydrogens is 320 g/mol. The van der Waals surface area contributed by atoms with Crippen LogP contribution in [0, 0.1) is 6.92 Å². The number of nitrogens with zero attached hydrogens (tertiary/aromatic N) is 2. The summed E-state index contributed by atoms with van der Waals surface area (Å²) >= 11 is 6.06. The van der Waals surface area contributed by atoms with Gasteiger partial charge in [0.05, 0.1) is 0 Å². The molecule has 0 spiro atoms. The van der Waals surface area contributed by atoms with Crippen LogP contribution in [0.15, 0.2) is 18.2 Å². The van der Waals surface area contributed by atoms with E-state index < -0.39 is 17.5 Å². The van der Waals surface area contributed by atoms with Crippen molar-refractivity contribution >= 4 is 29.2 Å². The Kier molecular flexibility index (Phi) is 5.16. The molecule has 1 atom stereocenters. The van der Waals surface area contributed by atoms with Crippen molar-refractivity contribution in [3.05, 3.63) is 28.8 Å². The largest absolute Gasteiger partial charge is 0.479 e. The quantitative estimate of drug-likeness (QED) is 0.846. The topological polar surface area (TPSA) is 70.1 Å². The zero-order valence-electron chi connectivity index (χ0n) is 13.5. The lowest BCUT2D eigenvalue weighted by Crippen LogP contribution is -2.58. The fraction of sp³-hybridized carbons (Fsp3) is 0.500. The molecule has 1 aromatic carbocycles. The lowest BCUT2D eigenvalue weighted by Gasteiger charge is -2.39. The van der Waals surface area contributed by atoms with Gasteiger partial charge in [0.25, 0.3) is 5.91 Å². The van der Waals surface area contributed by atoms with Crippen LogP contribution in [0.5, 0.6) is 0 Å². The first kappa shape index (κ1) is 17.6. The van der Waals surface area contributed by atoms with Crippen LogP contribution in [0.25, 0.3) is 0 Å². The molecule has 1 N–H and O–H groups in total. The van der Waals surface area contributed by atoms with Crippen LogP contribution in [0.1, 0.15) is 12.5 Å². The summed E-state index contributed by atoms with van der Waals surface area (Å²) in [5.74, 6) is -1.80. The highest BCUT2D eigenvalue weighted by molar-refractivity contribution is 6.30. The van der Waals surface area contributed by atoms with Crippen molar-refractivity contribution < 1.29 is 19.4 Å². The van der Waals surface area contributed by atoms with Crippen molar-refractivity contribution in [2.45, 2.75) is 19.4 Å². The molecule has 0 aromatic heterocycles. The molecule has 1 aromatic rings. The summed E-state index contributed by atoms with van der Waals surface area (Å²) in [5.41, 5.74) is 0.313. The number of amides is 1. The Morgan fingerprint density at radius 1 is 1.26 bits per heavy atom. The zero-order chi connectivity index (χ0) is 17.2. The van der Waals surface area contributed by atoms with Crippen molar-refractivity contribution in [1.82, 2.24) is 4.90 Å². The number of carboxylic acids is 1. The number of hydrogen-bond acceptors (Lipinski definition) is 4. The number of methoxy groups -OCH3 is 1. The van der Waals surface area contributed by atoms with E-state index in [2.05, 4.69) is 4.90 Å². The second-order valence-electron chi connectivity index (χ2n) is 5.75. The smallest absolute Gasteiger partial charge is 0.345 e. The highest BCUT2D eigenvalue weighted by atomic mass is 35.5. The van der Waals surface area contributed by atoms with E-state index in [1.165, 1.54) is 18.9 Å². The van der Waals surface area contributed by atoms with Gasteiger partial charge >= 0.3 is 5.97 Å². The van der Waals surface area contributed by atoms with E-state index in [4.69, 9.17) is 16.3 Å². The minimum atomic E-state index is -1.84. The fourth-order valence-corrected chi connectivity index (χ4v) is 2.81. The minimum absolute atomic E-state index is 0.441. The highest BCUT2D eigenvalue weighted by Gasteiger charge is 2.45. The number of ether oxygens (including phenoxy) is 1. The number of benzene rings is 1. The monoisotopic (exact) mass is 340 g/mol. The van der Waals surface area contributed by atoms with Gasteiger partial charge in [-0.3, -0.25) is 4.79 Å². The van der Waals surface area contributed by atoms with Crippen molar-refractivity contribution in [1.29, 1.82) is 0 Å². The van der Waals surface area contributed by atoms with Crippen molar-refractivity contribution in [3.63, 3.8) is 0 Å². The molecule has 2 rings (SSSR count). The molecule has 7 heteroatoms. The number of carbonyl (C=O) groups is 2. The van der Waals surface area contributed by atoms with Gasteiger partial charge in [0.1, 0.15) is 0 Å². The maximum absolute atomic E-state index is 12.4. The molecule has 1 amide bonds. The Bertz CT molecular complexity index is 614. The van der Waals surface area contributed by atoms with Gasteiger partial charge < -0.3 is 19.6 Å².